The lowest BCUT2D eigenvalue weighted by molar-refractivity contribution is 0.206. The third-order valence-corrected chi connectivity index (χ3v) is 4.15. The van der Waals surface area contributed by atoms with Gasteiger partial charge in [-0.2, -0.15) is 0 Å². The van der Waals surface area contributed by atoms with Crippen molar-refractivity contribution in [1.82, 2.24) is 4.98 Å². The topological polar surface area (TPSA) is 51.4 Å². The molecule has 1 heterocycles. The van der Waals surface area contributed by atoms with E-state index in [1.165, 1.54) is 10.6 Å². The number of hydrogen-bond donors (Lipinski definition) is 1. The molecule has 0 fully saturated rings. The Morgan fingerprint density at radius 2 is 2.24 bits per heavy atom. The molecule has 1 unspecified atom stereocenters. The van der Waals surface area contributed by atoms with Gasteiger partial charge in [0.05, 0.1) is 12.3 Å². The minimum atomic E-state index is 0.481. The Balaban J connectivity index is 2.84. The van der Waals surface area contributed by atoms with E-state index >= 15 is 0 Å². The highest BCUT2D eigenvalue weighted by atomic mass is 32.1. The molecular weight excluding hydrogens is 234 g/mol. The van der Waals surface area contributed by atoms with Crippen molar-refractivity contribution in [1.29, 1.82) is 0 Å². The van der Waals surface area contributed by atoms with Crippen LogP contribution < -0.4 is 10.6 Å². The van der Waals surface area contributed by atoms with Gasteiger partial charge >= 0.3 is 0 Å². The van der Waals surface area contributed by atoms with Crippen molar-refractivity contribution in [2.24, 2.45) is 5.73 Å². The van der Waals surface area contributed by atoms with Crippen molar-refractivity contribution in [3.63, 3.8) is 0 Å². The number of hydrogen-bond acceptors (Lipinski definition) is 5. The second-order valence-corrected chi connectivity index (χ2v) is 5.29. The van der Waals surface area contributed by atoms with E-state index in [-0.39, 0.29) is 0 Å². The standard InChI is InChI=1S/C12H23N3OS/c1-5-9(2)11-10(8-13)17-12(14-11)15(3)6-7-16-4/h9H,5-8,13H2,1-4H3. The number of thiazole rings is 1. The first-order chi connectivity index (χ1) is 8.13. The maximum absolute atomic E-state index is 5.78. The number of nitrogens with zero attached hydrogens (tertiary/aromatic N) is 2. The van der Waals surface area contributed by atoms with Crippen molar-refractivity contribution in [2.75, 3.05) is 32.2 Å². The van der Waals surface area contributed by atoms with Gasteiger partial charge in [0.1, 0.15) is 0 Å². The maximum atomic E-state index is 5.78. The van der Waals surface area contributed by atoms with E-state index in [1.807, 2.05) is 7.05 Å². The fraction of sp³-hybridized carbons (Fsp3) is 0.750. The molecule has 2 N–H and O–H groups in total. The van der Waals surface area contributed by atoms with E-state index in [1.54, 1.807) is 18.4 Å². The van der Waals surface area contributed by atoms with E-state index in [0.29, 0.717) is 19.1 Å². The zero-order valence-electron chi connectivity index (χ0n) is 11.2. The molecule has 0 aromatic carbocycles. The summed E-state index contributed by atoms with van der Waals surface area (Å²) in [6.45, 7) is 6.53. The number of ether oxygens (including phenoxy) is 1. The van der Waals surface area contributed by atoms with Crippen LogP contribution in [0, 0.1) is 0 Å². The van der Waals surface area contributed by atoms with E-state index in [0.717, 1.165) is 18.1 Å². The molecule has 1 aromatic heterocycles. The Morgan fingerprint density at radius 1 is 1.53 bits per heavy atom. The third-order valence-electron chi connectivity index (χ3n) is 2.94. The highest BCUT2D eigenvalue weighted by Crippen LogP contribution is 2.31. The number of nitrogens with two attached hydrogens (primary N) is 1. The van der Waals surface area contributed by atoms with Crippen molar-refractivity contribution in [3.8, 4) is 0 Å². The molecule has 1 rings (SSSR count). The number of methoxy groups -OCH3 is 1. The van der Waals surface area contributed by atoms with Crippen LogP contribution in [0.3, 0.4) is 0 Å². The van der Waals surface area contributed by atoms with Crippen LogP contribution in [-0.2, 0) is 11.3 Å². The maximum Gasteiger partial charge on any atom is 0.185 e. The van der Waals surface area contributed by atoms with Gasteiger partial charge in [0.15, 0.2) is 5.13 Å². The predicted molar refractivity (Wildman–Crippen MR) is 73.9 cm³/mol. The summed E-state index contributed by atoms with van der Waals surface area (Å²) in [6, 6.07) is 0. The van der Waals surface area contributed by atoms with Crippen LogP contribution in [0.15, 0.2) is 0 Å². The summed E-state index contributed by atoms with van der Waals surface area (Å²) in [4.78, 5) is 8.04. The lowest BCUT2D eigenvalue weighted by Crippen LogP contribution is -2.21. The SMILES string of the molecule is CCC(C)c1nc(N(C)CCOC)sc1CN. The summed E-state index contributed by atoms with van der Waals surface area (Å²) >= 11 is 1.70. The lowest BCUT2D eigenvalue weighted by Gasteiger charge is -2.14. The Bertz CT molecular complexity index is 340. The normalized spacial score (nSPS) is 12.8. The molecule has 5 heteroatoms. The Hall–Kier alpha value is -0.650. The van der Waals surface area contributed by atoms with Crippen LogP contribution in [0.4, 0.5) is 5.13 Å². The van der Waals surface area contributed by atoms with E-state index in [4.69, 9.17) is 15.5 Å². The lowest BCUT2D eigenvalue weighted by atomic mass is 10.0. The van der Waals surface area contributed by atoms with Gasteiger partial charge in [-0.05, 0) is 12.3 Å². The molecule has 1 aromatic rings. The molecule has 4 nitrogen and oxygen atoms in total. The zero-order chi connectivity index (χ0) is 12.8. The Morgan fingerprint density at radius 3 is 2.76 bits per heavy atom. The van der Waals surface area contributed by atoms with Gasteiger partial charge in [-0.1, -0.05) is 13.8 Å². The van der Waals surface area contributed by atoms with Crippen LogP contribution in [-0.4, -0.2) is 32.3 Å². The van der Waals surface area contributed by atoms with E-state index in [9.17, 15) is 0 Å². The van der Waals surface area contributed by atoms with Crippen LogP contribution in [0.2, 0.25) is 0 Å². The fourth-order valence-corrected chi connectivity index (χ4v) is 2.61. The van der Waals surface area contributed by atoms with Crippen LogP contribution in [0.1, 0.15) is 36.8 Å². The van der Waals surface area contributed by atoms with Crippen LogP contribution in [0.25, 0.3) is 0 Å². The first kappa shape index (κ1) is 14.4. The van der Waals surface area contributed by atoms with Gasteiger partial charge in [0, 0.05) is 32.1 Å². The number of rotatable bonds is 7. The number of anilines is 1. The monoisotopic (exact) mass is 257 g/mol. The molecule has 0 amide bonds. The molecule has 0 saturated heterocycles. The van der Waals surface area contributed by atoms with Crippen molar-refractivity contribution in [3.05, 3.63) is 10.6 Å². The quantitative estimate of drug-likeness (QED) is 0.813. The molecular formula is C12H23N3OS. The van der Waals surface area contributed by atoms with Crippen molar-refractivity contribution >= 4 is 16.5 Å². The van der Waals surface area contributed by atoms with Gasteiger partial charge in [0.25, 0.3) is 0 Å². The molecule has 0 radical (unpaired) electrons. The number of likely N-dealkylation sites (N-methyl/N-ethyl adjacent to an activating group) is 1. The first-order valence-electron chi connectivity index (χ1n) is 6.03. The largest absolute Gasteiger partial charge is 0.383 e. The second kappa shape index (κ2) is 6.93. The molecule has 0 saturated carbocycles. The molecule has 98 valence electrons. The summed E-state index contributed by atoms with van der Waals surface area (Å²) in [5.74, 6) is 0.481. The fourth-order valence-electron chi connectivity index (χ4n) is 1.56. The predicted octanol–water partition coefficient (Wildman–Crippen LogP) is 2.20. The van der Waals surface area contributed by atoms with E-state index < -0.39 is 0 Å². The summed E-state index contributed by atoms with van der Waals surface area (Å²) < 4.78 is 5.08. The van der Waals surface area contributed by atoms with E-state index in [2.05, 4.69) is 18.7 Å². The smallest absolute Gasteiger partial charge is 0.185 e. The van der Waals surface area contributed by atoms with Crippen molar-refractivity contribution < 1.29 is 4.74 Å². The molecule has 0 aliphatic heterocycles. The molecule has 0 aliphatic rings. The highest BCUT2D eigenvalue weighted by Gasteiger charge is 2.16. The second-order valence-electron chi connectivity index (χ2n) is 4.23. The van der Waals surface area contributed by atoms with Gasteiger partial charge in [-0.15, -0.1) is 11.3 Å². The summed E-state index contributed by atoms with van der Waals surface area (Å²) in [5.41, 5.74) is 6.95. The summed E-state index contributed by atoms with van der Waals surface area (Å²) in [7, 11) is 3.75. The minimum absolute atomic E-state index is 0.481. The van der Waals surface area contributed by atoms with Crippen LogP contribution in [0.5, 0.6) is 0 Å². The molecule has 17 heavy (non-hydrogen) atoms. The third kappa shape index (κ3) is 3.66. The molecule has 0 spiro atoms. The summed E-state index contributed by atoms with van der Waals surface area (Å²) in [5, 5.41) is 1.04. The zero-order valence-corrected chi connectivity index (χ0v) is 12.0. The van der Waals surface area contributed by atoms with Gasteiger partial charge < -0.3 is 15.4 Å². The van der Waals surface area contributed by atoms with Crippen LogP contribution >= 0.6 is 11.3 Å². The molecule has 1 atom stereocenters. The first-order valence-corrected chi connectivity index (χ1v) is 6.85. The Kier molecular flexibility index (Phi) is 5.88. The van der Waals surface area contributed by atoms with Crippen molar-refractivity contribution in [2.45, 2.75) is 32.7 Å². The van der Waals surface area contributed by atoms with Gasteiger partial charge in [-0.3, -0.25) is 0 Å². The minimum Gasteiger partial charge on any atom is -0.383 e. The summed E-state index contributed by atoms with van der Waals surface area (Å²) in [6.07, 6.45) is 1.10. The highest BCUT2D eigenvalue weighted by molar-refractivity contribution is 7.15. The average molecular weight is 257 g/mol. The average Bonchev–Trinajstić information content (AvgIpc) is 2.79. The molecule has 0 aliphatic carbocycles. The molecule has 0 bridgehead atoms. The van der Waals surface area contributed by atoms with Gasteiger partial charge in [0.2, 0.25) is 0 Å². The number of aromatic nitrogens is 1. The van der Waals surface area contributed by atoms with Gasteiger partial charge in [-0.25, -0.2) is 4.98 Å². The Labute approximate surface area is 108 Å².